The summed E-state index contributed by atoms with van der Waals surface area (Å²) in [5, 5.41) is 1.36. The van der Waals surface area contributed by atoms with Crippen molar-refractivity contribution in [1.29, 1.82) is 0 Å². The molecule has 2 aromatic carbocycles. The van der Waals surface area contributed by atoms with Crippen molar-refractivity contribution < 1.29 is 9.59 Å². The van der Waals surface area contributed by atoms with Crippen molar-refractivity contribution in [2.45, 2.75) is 31.2 Å². The number of allylic oxidation sites excluding steroid dienone is 1. The Bertz CT molecular complexity index is 753. The molecule has 1 heterocycles. The zero-order valence-electron chi connectivity index (χ0n) is 14.9. The Hall–Kier alpha value is -2.46. The summed E-state index contributed by atoms with van der Waals surface area (Å²) in [6.45, 7) is 4.48. The van der Waals surface area contributed by atoms with Gasteiger partial charge in [-0.15, -0.1) is 6.58 Å². The highest BCUT2D eigenvalue weighted by Gasteiger charge is 2.34. The van der Waals surface area contributed by atoms with E-state index in [0.717, 1.165) is 35.2 Å². The fourth-order valence-electron chi connectivity index (χ4n) is 3.25. The highest BCUT2D eigenvalue weighted by molar-refractivity contribution is 6.55. The number of hydrogen-bond acceptors (Lipinski definition) is 2. The quantitative estimate of drug-likeness (QED) is 0.294. The van der Waals surface area contributed by atoms with E-state index in [9.17, 15) is 9.59 Å². The van der Waals surface area contributed by atoms with Crippen LogP contribution in [-0.2, 0) is 0 Å². The first-order valence-electron chi connectivity index (χ1n) is 9.10. The van der Waals surface area contributed by atoms with Crippen LogP contribution < -0.4 is 5.19 Å². The van der Waals surface area contributed by atoms with Crippen molar-refractivity contribution in [3.05, 3.63) is 78.4 Å². The van der Waals surface area contributed by atoms with E-state index in [1.54, 1.807) is 24.3 Å². The van der Waals surface area contributed by atoms with Crippen LogP contribution in [0.5, 0.6) is 0 Å². The summed E-state index contributed by atoms with van der Waals surface area (Å²) in [4.78, 5) is 26.0. The molecule has 1 aliphatic rings. The molecular weight excluding hydrogens is 338 g/mol. The van der Waals surface area contributed by atoms with Crippen LogP contribution in [0.2, 0.25) is 5.54 Å². The summed E-state index contributed by atoms with van der Waals surface area (Å²) in [7, 11) is 0.746. The Kier molecular flexibility index (Phi) is 6.18. The summed E-state index contributed by atoms with van der Waals surface area (Å²) >= 11 is 0. The third-order valence-corrected chi connectivity index (χ3v) is 6.25. The Labute approximate surface area is 157 Å². The number of amides is 2. The van der Waals surface area contributed by atoms with Crippen LogP contribution in [0.4, 0.5) is 0 Å². The molecule has 0 bridgehead atoms. The lowest BCUT2D eigenvalue weighted by molar-refractivity contribution is 0.0651. The van der Waals surface area contributed by atoms with Crippen LogP contribution in [0, 0.1) is 0 Å². The maximum Gasteiger partial charge on any atom is 0.261 e. The SMILES string of the molecule is C=CC(CCCCCN1C(=O)c2ccccc2C1=O)[Si]c1ccccc1. The first-order valence-corrected chi connectivity index (χ1v) is 10.2. The van der Waals surface area contributed by atoms with Gasteiger partial charge in [-0.3, -0.25) is 14.5 Å². The zero-order valence-corrected chi connectivity index (χ0v) is 15.9. The molecular formula is C22H23NO2Si. The minimum atomic E-state index is -0.153. The van der Waals surface area contributed by atoms with Crippen molar-refractivity contribution >= 4 is 26.5 Å². The van der Waals surface area contributed by atoms with Gasteiger partial charge in [0.2, 0.25) is 0 Å². The Morgan fingerprint density at radius 3 is 2.12 bits per heavy atom. The Morgan fingerprint density at radius 1 is 0.885 bits per heavy atom. The molecule has 1 aliphatic heterocycles. The summed E-state index contributed by atoms with van der Waals surface area (Å²) in [5.41, 5.74) is 1.57. The fraction of sp³-hybridized carbons (Fsp3) is 0.273. The van der Waals surface area contributed by atoms with Crippen LogP contribution in [0.3, 0.4) is 0 Å². The number of benzene rings is 2. The molecule has 2 amide bonds. The van der Waals surface area contributed by atoms with Gasteiger partial charge in [0.1, 0.15) is 0 Å². The topological polar surface area (TPSA) is 37.4 Å². The molecule has 0 aliphatic carbocycles. The van der Waals surface area contributed by atoms with Gasteiger partial charge in [-0.05, 0) is 30.5 Å². The maximum atomic E-state index is 12.3. The van der Waals surface area contributed by atoms with Crippen LogP contribution in [0.1, 0.15) is 46.4 Å². The highest BCUT2D eigenvalue weighted by Crippen LogP contribution is 2.23. The highest BCUT2D eigenvalue weighted by atomic mass is 28.2. The maximum absolute atomic E-state index is 12.3. The van der Waals surface area contributed by atoms with E-state index in [1.165, 1.54) is 10.1 Å². The van der Waals surface area contributed by atoms with Crippen LogP contribution >= 0.6 is 0 Å². The van der Waals surface area contributed by atoms with Gasteiger partial charge in [-0.25, -0.2) is 0 Å². The molecule has 2 aromatic rings. The van der Waals surface area contributed by atoms with Gasteiger partial charge in [0.05, 0.1) is 20.6 Å². The fourth-order valence-corrected chi connectivity index (χ4v) is 4.53. The van der Waals surface area contributed by atoms with Gasteiger partial charge in [0, 0.05) is 6.54 Å². The lowest BCUT2D eigenvalue weighted by Crippen LogP contribution is -2.30. The van der Waals surface area contributed by atoms with E-state index in [1.807, 2.05) is 6.07 Å². The standard InChI is InChI=1S/C22H23NO2Si/c1-2-17(26-18-12-5-3-6-13-18)11-7-4-10-16-23-21(24)19-14-8-9-15-20(19)22(23)25/h2-3,5-6,8-9,12-15,17H,1,4,7,10-11,16H2. The van der Waals surface area contributed by atoms with Gasteiger partial charge < -0.3 is 0 Å². The van der Waals surface area contributed by atoms with Crippen LogP contribution in [0.15, 0.2) is 67.3 Å². The van der Waals surface area contributed by atoms with Gasteiger partial charge in [-0.1, -0.05) is 66.6 Å². The predicted octanol–water partition coefficient (Wildman–Crippen LogP) is 3.85. The average molecular weight is 362 g/mol. The third-order valence-electron chi connectivity index (χ3n) is 4.69. The zero-order chi connectivity index (χ0) is 18.4. The molecule has 26 heavy (non-hydrogen) atoms. The van der Waals surface area contributed by atoms with Crippen molar-refractivity contribution in [3.8, 4) is 0 Å². The van der Waals surface area contributed by atoms with Gasteiger partial charge in [0.25, 0.3) is 11.8 Å². The van der Waals surface area contributed by atoms with Crippen molar-refractivity contribution in [2.75, 3.05) is 6.54 Å². The summed E-state index contributed by atoms with van der Waals surface area (Å²) < 4.78 is 0. The Morgan fingerprint density at radius 2 is 1.50 bits per heavy atom. The molecule has 1 atom stereocenters. The number of nitrogens with zero attached hydrogens (tertiary/aromatic N) is 1. The van der Waals surface area contributed by atoms with E-state index in [0.29, 0.717) is 23.2 Å². The van der Waals surface area contributed by atoms with Gasteiger partial charge >= 0.3 is 0 Å². The molecule has 3 rings (SSSR count). The minimum Gasteiger partial charge on any atom is -0.274 e. The number of imide groups is 1. The van der Waals surface area contributed by atoms with E-state index in [4.69, 9.17) is 0 Å². The summed E-state index contributed by atoms with van der Waals surface area (Å²) in [6.07, 6.45) is 6.09. The molecule has 4 heteroatoms. The number of fused-ring (bicyclic) bond motifs is 1. The molecule has 132 valence electrons. The average Bonchev–Trinajstić information content (AvgIpc) is 2.92. The normalized spacial score (nSPS) is 14.4. The third kappa shape index (κ3) is 4.19. The number of hydrogen-bond donors (Lipinski definition) is 0. The molecule has 2 radical (unpaired) electrons. The lowest BCUT2D eigenvalue weighted by atomic mass is 10.1. The molecule has 3 nitrogen and oxygen atoms in total. The predicted molar refractivity (Wildman–Crippen MR) is 106 cm³/mol. The second-order valence-electron chi connectivity index (χ2n) is 6.51. The largest absolute Gasteiger partial charge is 0.274 e. The number of rotatable bonds is 9. The summed E-state index contributed by atoms with van der Waals surface area (Å²) in [6, 6.07) is 17.6. The molecule has 0 spiro atoms. The first kappa shape index (κ1) is 18.3. The van der Waals surface area contributed by atoms with Crippen molar-refractivity contribution in [2.24, 2.45) is 0 Å². The number of unbranched alkanes of at least 4 members (excludes halogenated alkanes) is 2. The van der Waals surface area contributed by atoms with E-state index >= 15 is 0 Å². The van der Waals surface area contributed by atoms with Gasteiger partial charge in [0.15, 0.2) is 0 Å². The molecule has 0 N–H and O–H groups in total. The number of carbonyl (C=O) groups is 2. The van der Waals surface area contributed by atoms with E-state index < -0.39 is 0 Å². The van der Waals surface area contributed by atoms with Crippen LogP contribution in [-0.4, -0.2) is 32.8 Å². The van der Waals surface area contributed by atoms with Crippen molar-refractivity contribution in [3.63, 3.8) is 0 Å². The molecule has 0 saturated heterocycles. The minimum absolute atomic E-state index is 0.153. The monoisotopic (exact) mass is 361 g/mol. The molecule has 0 aromatic heterocycles. The first-order chi connectivity index (χ1) is 12.7. The van der Waals surface area contributed by atoms with E-state index in [2.05, 4.69) is 36.9 Å². The number of carbonyl (C=O) groups excluding carboxylic acids is 2. The van der Waals surface area contributed by atoms with Crippen LogP contribution in [0.25, 0.3) is 0 Å². The Balaban J connectivity index is 1.41. The molecule has 0 saturated carbocycles. The smallest absolute Gasteiger partial charge is 0.261 e. The van der Waals surface area contributed by atoms with E-state index in [-0.39, 0.29) is 11.8 Å². The summed E-state index contributed by atoms with van der Waals surface area (Å²) in [5.74, 6) is -0.305. The molecule has 0 fully saturated rings. The second-order valence-corrected chi connectivity index (χ2v) is 8.12. The molecule has 1 unspecified atom stereocenters. The van der Waals surface area contributed by atoms with Gasteiger partial charge in [-0.2, -0.15) is 0 Å². The second kappa shape index (κ2) is 8.76. The van der Waals surface area contributed by atoms with Crippen molar-refractivity contribution in [1.82, 2.24) is 4.90 Å². The lowest BCUT2D eigenvalue weighted by Gasteiger charge is -2.14.